The third-order valence-electron chi connectivity index (χ3n) is 3.69. The van der Waals surface area contributed by atoms with Crippen LogP contribution >= 0.6 is 0 Å². The summed E-state index contributed by atoms with van der Waals surface area (Å²) < 4.78 is 0. The molecule has 1 fully saturated rings. The zero-order valence-electron chi connectivity index (χ0n) is 13.5. The van der Waals surface area contributed by atoms with Gasteiger partial charge in [0.1, 0.15) is 5.69 Å². The maximum absolute atomic E-state index is 12.2. The number of carbonyl (C=O) groups excluding carboxylic acids is 1. The number of aryl methyl sites for hydroxylation is 1. The molecule has 1 unspecified atom stereocenters. The van der Waals surface area contributed by atoms with Crippen LogP contribution in [0.5, 0.6) is 0 Å². The number of rotatable bonds is 4. The zero-order chi connectivity index (χ0) is 15.4. The summed E-state index contributed by atoms with van der Waals surface area (Å²) in [6.45, 7) is 10.9. The molecule has 5 heteroatoms. The molecule has 0 aliphatic carbocycles. The number of hydrogen-bond acceptors (Lipinski definition) is 4. The van der Waals surface area contributed by atoms with E-state index < -0.39 is 0 Å². The molecule has 0 saturated carbocycles. The largest absolute Gasteiger partial charge is 0.350 e. The van der Waals surface area contributed by atoms with Gasteiger partial charge in [-0.15, -0.1) is 0 Å². The van der Waals surface area contributed by atoms with Crippen molar-refractivity contribution in [2.75, 3.05) is 24.5 Å². The first-order valence-corrected chi connectivity index (χ1v) is 7.84. The molecule has 0 radical (unpaired) electrons. The minimum atomic E-state index is -0.111. The van der Waals surface area contributed by atoms with Crippen molar-refractivity contribution < 1.29 is 4.79 Å². The van der Waals surface area contributed by atoms with Gasteiger partial charge in [-0.25, -0.2) is 9.97 Å². The van der Waals surface area contributed by atoms with E-state index in [0.29, 0.717) is 30.0 Å². The summed E-state index contributed by atoms with van der Waals surface area (Å²) in [7, 11) is 0. The molecule has 1 atom stereocenters. The second kappa shape index (κ2) is 6.87. The van der Waals surface area contributed by atoms with Crippen LogP contribution in [0.3, 0.4) is 0 Å². The van der Waals surface area contributed by atoms with Crippen LogP contribution in [-0.4, -0.2) is 35.5 Å². The molecule has 1 aliphatic rings. The highest BCUT2D eigenvalue weighted by Gasteiger charge is 2.20. The average Bonchev–Trinajstić information content (AvgIpc) is 2.44. The van der Waals surface area contributed by atoms with Crippen LogP contribution in [-0.2, 0) is 0 Å². The number of aromatic nitrogens is 2. The Kier molecular flexibility index (Phi) is 5.15. The van der Waals surface area contributed by atoms with Gasteiger partial charge in [0, 0.05) is 25.3 Å². The van der Waals surface area contributed by atoms with Gasteiger partial charge in [0.2, 0.25) is 5.95 Å². The normalized spacial score (nSPS) is 18.9. The fourth-order valence-corrected chi connectivity index (χ4v) is 2.57. The molecule has 0 spiro atoms. The highest BCUT2D eigenvalue weighted by atomic mass is 16.1. The summed E-state index contributed by atoms with van der Waals surface area (Å²) in [4.78, 5) is 23.4. The molecule has 21 heavy (non-hydrogen) atoms. The van der Waals surface area contributed by atoms with Gasteiger partial charge in [0.15, 0.2) is 0 Å². The number of nitrogens with one attached hydrogen (secondary N) is 1. The van der Waals surface area contributed by atoms with Crippen molar-refractivity contribution in [1.82, 2.24) is 15.3 Å². The van der Waals surface area contributed by atoms with Crippen molar-refractivity contribution in [3.8, 4) is 0 Å². The van der Waals surface area contributed by atoms with Crippen LogP contribution in [0, 0.1) is 18.8 Å². The van der Waals surface area contributed by atoms with Crippen LogP contribution in [0.2, 0.25) is 0 Å². The Balaban J connectivity index is 2.14. The van der Waals surface area contributed by atoms with Gasteiger partial charge in [-0.2, -0.15) is 0 Å². The summed E-state index contributed by atoms with van der Waals surface area (Å²) in [5.74, 6) is 1.66. The molecular formula is C16H26N4O. The summed E-state index contributed by atoms with van der Waals surface area (Å²) >= 11 is 0. The van der Waals surface area contributed by atoms with E-state index >= 15 is 0 Å². The fourth-order valence-electron chi connectivity index (χ4n) is 2.57. The first-order valence-electron chi connectivity index (χ1n) is 7.84. The molecule has 2 heterocycles. The molecule has 1 aliphatic heterocycles. The summed E-state index contributed by atoms with van der Waals surface area (Å²) in [5.41, 5.74) is 1.31. The van der Waals surface area contributed by atoms with Crippen LogP contribution in [0.25, 0.3) is 0 Å². The quantitative estimate of drug-likeness (QED) is 0.925. The first-order chi connectivity index (χ1) is 9.95. The molecule has 1 N–H and O–H groups in total. The lowest BCUT2D eigenvalue weighted by molar-refractivity contribution is 0.0944. The highest BCUT2D eigenvalue weighted by Crippen LogP contribution is 2.20. The third kappa shape index (κ3) is 4.41. The molecule has 116 valence electrons. The predicted molar refractivity (Wildman–Crippen MR) is 84.6 cm³/mol. The minimum Gasteiger partial charge on any atom is -0.350 e. The minimum absolute atomic E-state index is 0.111. The van der Waals surface area contributed by atoms with Crippen molar-refractivity contribution >= 4 is 11.9 Å². The molecule has 1 aromatic heterocycles. The van der Waals surface area contributed by atoms with Gasteiger partial charge >= 0.3 is 0 Å². The molecule has 2 rings (SSSR count). The van der Waals surface area contributed by atoms with Gasteiger partial charge < -0.3 is 10.2 Å². The Morgan fingerprint density at radius 1 is 1.48 bits per heavy atom. The number of anilines is 1. The molecule has 1 saturated heterocycles. The van der Waals surface area contributed by atoms with Crippen LogP contribution in [0.1, 0.15) is 49.8 Å². The van der Waals surface area contributed by atoms with Crippen LogP contribution in [0.15, 0.2) is 6.07 Å². The number of piperidine rings is 1. The monoisotopic (exact) mass is 290 g/mol. The lowest BCUT2D eigenvalue weighted by Gasteiger charge is -2.31. The van der Waals surface area contributed by atoms with Crippen molar-refractivity contribution in [2.45, 2.75) is 40.5 Å². The second-order valence-corrected chi connectivity index (χ2v) is 6.49. The second-order valence-electron chi connectivity index (χ2n) is 6.49. The van der Waals surface area contributed by atoms with Crippen molar-refractivity contribution in [2.24, 2.45) is 11.8 Å². The SMILES string of the molecule is Cc1cc(C(=O)NCC(C)C)nc(N2CCCC(C)C2)n1. The highest BCUT2D eigenvalue weighted by molar-refractivity contribution is 5.92. The Labute approximate surface area is 127 Å². The van der Waals surface area contributed by atoms with Gasteiger partial charge in [-0.1, -0.05) is 20.8 Å². The maximum Gasteiger partial charge on any atom is 0.270 e. The van der Waals surface area contributed by atoms with Gasteiger partial charge in [-0.05, 0) is 37.7 Å². The maximum atomic E-state index is 12.2. The zero-order valence-corrected chi connectivity index (χ0v) is 13.5. The molecule has 1 aromatic rings. The molecule has 0 aromatic carbocycles. The number of hydrogen-bond donors (Lipinski definition) is 1. The van der Waals surface area contributed by atoms with Gasteiger partial charge in [-0.3, -0.25) is 4.79 Å². The Hall–Kier alpha value is -1.65. The number of carbonyl (C=O) groups is 1. The van der Waals surface area contributed by atoms with Crippen LogP contribution < -0.4 is 10.2 Å². The van der Waals surface area contributed by atoms with E-state index in [9.17, 15) is 4.79 Å². The van der Waals surface area contributed by atoms with E-state index in [-0.39, 0.29) is 5.91 Å². The number of nitrogens with zero attached hydrogens (tertiary/aromatic N) is 3. The summed E-state index contributed by atoms with van der Waals surface area (Å²) in [5, 5.41) is 2.92. The summed E-state index contributed by atoms with van der Waals surface area (Å²) in [6, 6.07) is 1.76. The topological polar surface area (TPSA) is 58.1 Å². The molecular weight excluding hydrogens is 264 g/mol. The van der Waals surface area contributed by atoms with Gasteiger partial charge in [0.25, 0.3) is 5.91 Å². The van der Waals surface area contributed by atoms with Crippen LogP contribution in [0.4, 0.5) is 5.95 Å². The summed E-state index contributed by atoms with van der Waals surface area (Å²) in [6.07, 6.45) is 2.41. The smallest absolute Gasteiger partial charge is 0.270 e. The molecule has 5 nitrogen and oxygen atoms in total. The van der Waals surface area contributed by atoms with Crippen molar-refractivity contribution in [1.29, 1.82) is 0 Å². The van der Waals surface area contributed by atoms with E-state index in [1.165, 1.54) is 6.42 Å². The fraction of sp³-hybridized carbons (Fsp3) is 0.688. The van der Waals surface area contributed by atoms with Crippen molar-refractivity contribution in [3.05, 3.63) is 17.5 Å². The third-order valence-corrected chi connectivity index (χ3v) is 3.69. The Morgan fingerprint density at radius 3 is 2.90 bits per heavy atom. The number of amides is 1. The predicted octanol–water partition coefficient (Wildman–Crippen LogP) is 2.41. The van der Waals surface area contributed by atoms with Crippen molar-refractivity contribution in [3.63, 3.8) is 0 Å². The van der Waals surface area contributed by atoms with Gasteiger partial charge in [0.05, 0.1) is 0 Å². The molecule has 1 amide bonds. The van der Waals surface area contributed by atoms with E-state index in [1.54, 1.807) is 6.07 Å². The Morgan fingerprint density at radius 2 is 2.24 bits per heavy atom. The average molecular weight is 290 g/mol. The lowest BCUT2D eigenvalue weighted by atomic mass is 10.0. The van der Waals surface area contributed by atoms with E-state index in [0.717, 1.165) is 25.2 Å². The van der Waals surface area contributed by atoms with E-state index in [4.69, 9.17) is 0 Å². The lowest BCUT2D eigenvalue weighted by Crippen LogP contribution is -2.36. The van der Waals surface area contributed by atoms with E-state index in [1.807, 2.05) is 6.92 Å². The Bertz CT molecular complexity index is 501. The standard InChI is InChI=1S/C16H26N4O/c1-11(2)9-17-15(21)14-8-13(4)18-16(19-14)20-7-5-6-12(3)10-20/h8,11-12H,5-7,9-10H2,1-4H3,(H,17,21). The first kappa shape index (κ1) is 15.7. The molecule has 0 bridgehead atoms. The van der Waals surface area contributed by atoms with E-state index in [2.05, 4.69) is 41.0 Å².